The molecule has 8 heteroatoms. The number of nitrogens with zero attached hydrogens (tertiary/aromatic N) is 1. The second kappa shape index (κ2) is 7.96. The maximum atomic E-state index is 12.8. The Hall–Kier alpha value is -3.71. The fourth-order valence-electron chi connectivity index (χ4n) is 3.31. The van der Waals surface area contributed by atoms with E-state index in [9.17, 15) is 14.4 Å². The molecule has 0 saturated carbocycles. The fraction of sp³-hybridized carbons (Fsp3) is 0.0909. The first-order chi connectivity index (χ1) is 14.4. The van der Waals surface area contributed by atoms with Crippen LogP contribution in [0.3, 0.4) is 0 Å². The third kappa shape index (κ3) is 3.88. The summed E-state index contributed by atoms with van der Waals surface area (Å²) in [4.78, 5) is 40.6. The van der Waals surface area contributed by atoms with Crippen LogP contribution in [0.2, 0.25) is 5.15 Å². The first kappa shape index (κ1) is 19.6. The van der Waals surface area contributed by atoms with Gasteiger partial charge >= 0.3 is 5.97 Å². The predicted octanol–water partition coefficient (Wildman–Crippen LogP) is 3.54. The number of carbonyl (C=O) groups is 3. The maximum absolute atomic E-state index is 12.8. The lowest BCUT2D eigenvalue weighted by molar-refractivity contribution is 0.0252. The molecule has 1 aliphatic rings. The molecule has 0 saturated heterocycles. The van der Waals surface area contributed by atoms with Gasteiger partial charge in [0.1, 0.15) is 11.3 Å². The Morgan fingerprint density at radius 1 is 1.10 bits per heavy atom. The van der Waals surface area contributed by atoms with Crippen molar-refractivity contribution in [3.8, 4) is 0 Å². The van der Waals surface area contributed by atoms with Crippen molar-refractivity contribution in [2.75, 3.05) is 5.32 Å². The number of nitrogens with one attached hydrogen (secondary N) is 1. The molecule has 0 fully saturated rings. The number of halogens is 1. The normalized spacial score (nSPS) is 15.1. The average molecular weight is 422 g/mol. The molecule has 2 amide bonds. The van der Waals surface area contributed by atoms with Gasteiger partial charge in [0, 0.05) is 12.0 Å². The first-order valence-corrected chi connectivity index (χ1v) is 9.46. The van der Waals surface area contributed by atoms with Crippen molar-refractivity contribution < 1.29 is 19.1 Å². The number of nitrogens with two attached hydrogens (primary N) is 1. The van der Waals surface area contributed by atoms with Gasteiger partial charge in [-0.25, -0.2) is 9.78 Å². The highest BCUT2D eigenvalue weighted by Gasteiger charge is 2.28. The van der Waals surface area contributed by atoms with Crippen molar-refractivity contribution >= 4 is 35.1 Å². The third-order valence-corrected chi connectivity index (χ3v) is 4.97. The molecular weight excluding hydrogens is 406 g/mol. The highest BCUT2D eigenvalue weighted by atomic mass is 35.5. The molecule has 1 aromatic heterocycles. The summed E-state index contributed by atoms with van der Waals surface area (Å²) in [6.45, 7) is 0. The number of hydrogen-bond donors (Lipinski definition) is 2. The smallest absolute Gasteiger partial charge is 0.339 e. The zero-order chi connectivity index (χ0) is 21.3. The lowest BCUT2D eigenvalue weighted by Gasteiger charge is -2.25. The summed E-state index contributed by atoms with van der Waals surface area (Å²) >= 11 is 5.80. The second-order valence-corrected chi connectivity index (χ2v) is 7.12. The van der Waals surface area contributed by atoms with Crippen molar-refractivity contribution in [2.45, 2.75) is 12.5 Å². The van der Waals surface area contributed by atoms with Gasteiger partial charge in [0.15, 0.2) is 5.69 Å². The number of aromatic nitrogens is 1. The molecule has 30 heavy (non-hydrogen) atoms. The number of fused-ring (bicyclic) bond motifs is 1. The van der Waals surface area contributed by atoms with E-state index in [0.29, 0.717) is 23.1 Å². The van der Waals surface area contributed by atoms with Crippen LogP contribution in [0.4, 0.5) is 5.69 Å². The topological polar surface area (TPSA) is 111 Å². The highest BCUT2D eigenvalue weighted by Crippen LogP contribution is 2.31. The summed E-state index contributed by atoms with van der Waals surface area (Å²) in [6.07, 6.45) is 0.0211. The Morgan fingerprint density at radius 2 is 1.87 bits per heavy atom. The Labute approximate surface area is 176 Å². The standard InChI is InChI=1S/C22H16ClN3O4/c23-18-9-8-16(19(26-18)20(24)27)25-21(28)13-6-7-15-14(10-13)11-17(30-22(15)29)12-4-2-1-3-5-12/h1-10,17H,11H2,(H2,24,27)(H,25,28). The molecule has 3 N–H and O–H groups in total. The van der Waals surface area contributed by atoms with E-state index in [-0.39, 0.29) is 16.5 Å². The molecule has 2 aromatic carbocycles. The van der Waals surface area contributed by atoms with E-state index >= 15 is 0 Å². The third-order valence-electron chi connectivity index (χ3n) is 4.76. The van der Waals surface area contributed by atoms with Gasteiger partial charge in [-0.15, -0.1) is 0 Å². The van der Waals surface area contributed by atoms with Crippen molar-refractivity contribution in [3.05, 3.63) is 93.8 Å². The highest BCUT2D eigenvalue weighted by molar-refractivity contribution is 6.29. The van der Waals surface area contributed by atoms with Gasteiger partial charge in [0.2, 0.25) is 0 Å². The number of carbonyl (C=O) groups excluding carboxylic acids is 3. The quantitative estimate of drug-likeness (QED) is 0.494. The number of rotatable bonds is 4. The summed E-state index contributed by atoms with van der Waals surface area (Å²) in [6, 6.07) is 17.0. The van der Waals surface area contributed by atoms with Crippen LogP contribution in [0.5, 0.6) is 0 Å². The largest absolute Gasteiger partial charge is 0.454 e. The minimum Gasteiger partial charge on any atom is -0.454 e. The summed E-state index contributed by atoms with van der Waals surface area (Å²) in [5, 5.41) is 2.70. The molecule has 0 bridgehead atoms. The van der Waals surface area contributed by atoms with Gasteiger partial charge in [-0.2, -0.15) is 0 Å². The molecule has 4 rings (SSSR count). The van der Waals surface area contributed by atoms with Crippen molar-refractivity contribution in [3.63, 3.8) is 0 Å². The van der Waals surface area contributed by atoms with E-state index in [1.165, 1.54) is 18.2 Å². The van der Waals surface area contributed by atoms with Gasteiger partial charge in [-0.3, -0.25) is 9.59 Å². The molecular formula is C22H16ClN3O4. The van der Waals surface area contributed by atoms with E-state index in [1.54, 1.807) is 12.1 Å². The number of ether oxygens (including phenoxy) is 1. The molecule has 2 heterocycles. The van der Waals surface area contributed by atoms with Crippen LogP contribution in [0.15, 0.2) is 60.7 Å². The summed E-state index contributed by atoms with van der Waals surface area (Å²) in [5.41, 5.74) is 7.65. The molecule has 7 nitrogen and oxygen atoms in total. The molecule has 3 aromatic rings. The number of primary amides is 1. The zero-order valence-corrected chi connectivity index (χ0v) is 16.3. The van der Waals surface area contributed by atoms with Crippen LogP contribution in [0.1, 0.15) is 48.4 Å². The van der Waals surface area contributed by atoms with Crippen LogP contribution in [-0.2, 0) is 11.2 Å². The number of cyclic esters (lactones) is 1. The van der Waals surface area contributed by atoms with Crippen LogP contribution in [-0.4, -0.2) is 22.8 Å². The first-order valence-electron chi connectivity index (χ1n) is 9.09. The fourth-order valence-corrected chi connectivity index (χ4v) is 3.46. The monoisotopic (exact) mass is 421 g/mol. The number of amides is 2. The molecule has 1 atom stereocenters. The van der Waals surface area contributed by atoms with Crippen LogP contribution in [0, 0.1) is 0 Å². The maximum Gasteiger partial charge on any atom is 0.339 e. The van der Waals surface area contributed by atoms with E-state index < -0.39 is 23.9 Å². The Kier molecular flexibility index (Phi) is 5.20. The van der Waals surface area contributed by atoms with Gasteiger partial charge < -0.3 is 15.8 Å². The summed E-state index contributed by atoms with van der Waals surface area (Å²) in [5.74, 6) is -1.72. The van der Waals surface area contributed by atoms with Crippen molar-refractivity contribution in [2.24, 2.45) is 5.73 Å². The van der Waals surface area contributed by atoms with Crippen molar-refractivity contribution in [1.82, 2.24) is 4.98 Å². The molecule has 0 spiro atoms. The van der Waals surface area contributed by atoms with Gasteiger partial charge in [-0.05, 0) is 41.5 Å². The van der Waals surface area contributed by atoms with Crippen LogP contribution < -0.4 is 11.1 Å². The average Bonchev–Trinajstić information content (AvgIpc) is 2.75. The summed E-state index contributed by atoms with van der Waals surface area (Å²) in [7, 11) is 0. The lowest BCUT2D eigenvalue weighted by atomic mass is 9.93. The lowest BCUT2D eigenvalue weighted by Crippen LogP contribution is -2.23. The molecule has 0 radical (unpaired) electrons. The number of pyridine rings is 1. The van der Waals surface area contributed by atoms with Crippen LogP contribution >= 0.6 is 11.6 Å². The van der Waals surface area contributed by atoms with Crippen LogP contribution in [0.25, 0.3) is 0 Å². The van der Waals surface area contributed by atoms with E-state index in [1.807, 2.05) is 30.3 Å². The van der Waals surface area contributed by atoms with E-state index in [4.69, 9.17) is 22.1 Å². The molecule has 0 aliphatic carbocycles. The molecule has 1 aliphatic heterocycles. The van der Waals surface area contributed by atoms with Gasteiger partial charge in [-0.1, -0.05) is 41.9 Å². The Balaban J connectivity index is 1.61. The second-order valence-electron chi connectivity index (χ2n) is 6.73. The Bertz CT molecular complexity index is 1160. The number of esters is 1. The predicted molar refractivity (Wildman–Crippen MR) is 110 cm³/mol. The minimum absolute atomic E-state index is 0.0843. The number of anilines is 1. The van der Waals surface area contributed by atoms with Gasteiger partial charge in [0.25, 0.3) is 11.8 Å². The molecule has 150 valence electrons. The van der Waals surface area contributed by atoms with E-state index in [0.717, 1.165) is 5.56 Å². The summed E-state index contributed by atoms with van der Waals surface area (Å²) < 4.78 is 5.54. The number of benzene rings is 2. The molecule has 1 unspecified atom stereocenters. The Morgan fingerprint density at radius 3 is 2.60 bits per heavy atom. The zero-order valence-electron chi connectivity index (χ0n) is 15.6. The van der Waals surface area contributed by atoms with E-state index in [2.05, 4.69) is 10.3 Å². The van der Waals surface area contributed by atoms with Gasteiger partial charge in [0.05, 0.1) is 11.3 Å². The SMILES string of the molecule is NC(=O)c1nc(Cl)ccc1NC(=O)c1ccc2c(c1)CC(c1ccccc1)OC2=O. The minimum atomic E-state index is -0.813. The van der Waals surface area contributed by atoms with Crippen molar-refractivity contribution in [1.29, 1.82) is 0 Å². The number of hydrogen-bond acceptors (Lipinski definition) is 5.